The molecule has 4 aromatic rings. The van der Waals surface area contributed by atoms with Crippen LogP contribution in [-0.4, -0.2) is 54.9 Å². The van der Waals surface area contributed by atoms with E-state index in [1.165, 1.54) is 12.4 Å². The molecule has 8 rings (SSSR count). The largest absolute Gasteiger partial charge is 0.482 e. The number of rotatable bonds is 9. The Morgan fingerprint density at radius 2 is 1.91 bits per heavy atom. The van der Waals surface area contributed by atoms with E-state index in [0.29, 0.717) is 63.3 Å². The molecule has 222 valence electrons. The van der Waals surface area contributed by atoms with Crippen molar-refractivity contribution < 1.29 is 19.4 Å². The van der Waals surface area contributed by atoms with E-state index >= 15 is 0 Å². The van der Waals surface area contributed by atoms with Crippen molar-refractivity contribution in [2.45, 2.75) is 52.6 Å². The number of primary amides is 1. The van der Waals surface area contributed by atoms with Gasteiger partial charge in [-0.2, -0.15) is 5.10 Å². The summed E-state index contributed by atoms with van der Waals surface area (Å²) >= 11 is 5.93. The second-order valence-electron chi connectivity index (χ2n) is 12.8. The summed E-state index contributed by atoms with van der Waals surface area (Å²) in [5.41, 5.74) is 9.89. The van der Waals surface area contributed by atoms with E-state index in [4.69, 9.17) is 32.2 Å². The van der Waals surface area contributed by atoms with Crippen molar-refractivity contribution in [3.05, 3.63) is 58.9 Å². The topological polar surface area (TPSA) is 149 Å². The Kier molecular flexibility index (Phi) is 6.44. The average molecular weight is 602 g/mol. The van der Waals surface area contributed by atoms with E-state index in [1.54, 1.807) is 17.2 Å². The number of nitrogens with zero attached hydrogens (tertiary/aromatic N) is 6. The Hall–Kier alpha value is -4.09. The first-order valence-electron chi connectivity index (χ1n) is 14.4. The summed E-state index contributed by atoms with van der Waals surface area (Å²) in [4.78, 5) is 40.9. The summed E-state index contributed by atoms with van der Waals surface area (Å²) in [5, 5.41) is 15.6. The summed E-state index contributed by atoms with van der Waals surface area (Å²) in [6, 6.07) is 5.50. The number of nitrogens with two attached hydrogens (primary N) is 1. The van der Waals surface area contributed by atoms with Crippen LogP contribution in [0.4, 0.5) is 5.69 Å². The van der Waals surface area contributed by atoms with Gasteiger partial charge >= 0.3 is 0 Å². The molecule has 4 aliphatic rings. The number of aromatic nitrogens is 5. The van der Waals surface area contributed by atoms with Crippen LogP contribution in [0.2, 0.25) is 5.02 Å². The van der Waals surface area contributed by atoms with Gasteiger partial charge in [-0.05, 0) is 60.1 Å². The molecule has 2 bridgehead atoms. The van der Waals surface area contributed by atoms with Crippen LogP contribution in [0.3, 0.4) is 0 Å². The van der Waals surface area contributed by atoms with Crippen molar-refractivity contribution >= 4 is 40.1 Å². The van der Waals surface area contributed by atoms with Crippen LogP contribution in [0.15, 0.2) is 36.8 Å². The highest BCUT2D eigenvalue weighted by Crippen LogP contribution is 2.73. The fourth-order valence-electron chi connectivity index (χ4n) is 7.33. The lowest BCUT2D eigenvalue weighted by molar-refractivity contribution is -0.230. The van der Waals surface area contributed by atoms with Gasteiger partial charge in [0.2, 0.25) is 0 Å². The molecule has 1 aromatic carbocycles. The molecule has 11 nitrogen and oxygen atoms in total. The maximum atomic E-state index is 13.0. The van der Waals surface area contributed by atoms with E-state index in [0.717, 1.165) is 24.6 Å². The SMILES string of the molecule is CC(C)Cc1nc2c(cnn2CC23CC(CO)(C2)C3)c(-c2ccc3c(c2)OCC(=O)N3Cc2ncc(Cl)cn2)c1C(N)=O. The van der Waals surface area contributed by atoms with E-state index in [1.807, 2.05) is 16.8 Å². The van der Waals surface area contributed by atoms with Gasteiger partial charge in [0.15, 0.2) is 12.3 Å². The molecule has 43 heavy (non-hydrogen) atoms. The molecule has 12 heteroatoms. The minimum atomic E-state index is -0.563. The van der Waals surface area contributed by atoms with Crippen molar-refractivity contribution in [2.75, 3.05) is 18.1 Å². The van der Waals surface area contributed by atoms with Crippen LogP contribution in [0.1, 0.15) is 55.0 Å². The number of ether oxygens (including phenoxy) is 1. The fraction of sp³-hybridized carbons (Fsp3) is 0.419. The van der Waals surface area contributed by atoms with Gasteiger partial charge in [-0.1, -0.05) is 31.5 Å². The zero-order chi connectivity index (χ0) is 30.1. The van der Waals surface area contributed by atoms with Crippen LogP contribution < -0.4 is 15.4 Å². The fourth-order valence-corrected chi connectivity index (χ4v) is 7.43. The summed E-state index contributed by atoms with van der Waals surface area (Å²) < 4.78 is 7.82. The molecule has 1 aliphatic heterocycles. The molecule has 0 radical (unpaired) electrons. The van der Waals surface area contributed by atoms with E-state index in [2.05, 4.69) is 23.8 Å². The minimum absolute atomic E-state index is 0.0849. The minimum Gasteiger partial charge on any atom is -0.482 e. The number of hydrogen-bond acceptors (Lipinski definition) is 8. The van der Waals surface area contributed by atoms with Gasteiger partial charge in [-0.3, -0.25) is 14.5 Å². The first-order valence-corrected chi connectivity index (χ1v) is 14.8. The van der Waals surface area contributed by atoms with Crippen molar-refractivity contribution in [3.8, 4) is 16.9 Å². The molecule has 0 unspecified atom stereocenters. The Morgan fingerprint density at radius 3 is 2.58 bits per heavy atom. The first-order chi connectivity index (χ1) is 20.6. The number of fused-ring (bicyclic) bond motifs is 2. The lowest BCUT2D eigenvalue weighted by Crippen LogP contribution is -2.64. The molecule has 3 saturated carbocycles. The molecular weight excluding hydrogens is 570 g/mol. The second-order valence-corrected chi connectivity index (χ2v) is 13.2. The normalized spacial score (nSPS) is 22.3. The van der Waals surface area contributed by atoms with Gasteiger partial charge < -0.3 is 15.6 Å². The monoisotopic (exact) mass is 601 g/mol. The van der Waals surface area contributed by atoms with Crippen molar-refractivity contribution in [1.82, 2.24) is 24.7 Å². The Morgan fingerprint density at radius 1 is 1.16 bits per heavy atom. The molecule has 2 amide bonds. The van der Waals surface area contributed by atoms with Crippen LogP contribution in [0.25, 0.3) is 22.2 Å². The van der Waals surface area contributed by atoms with Crippen molar-refractivity contribution in [2.24, 2.45) is 22.5 Å². The van der Waals surface area contributed by atoms with Gasteiger partial charge in [0, 0.05) is 36.5 Å². The quantitative estimate of drug-likeness (QED) is 0.293. The number of aliphatic hydroxyl groups excluding tert-OH is 1. The maximum absolute atomic E-state index is 13.0. The number of benzene rings is 1. The third-order valence-electron chi connectivity index (χ3n) is 8.94. The number of carbonyl (C=O) groups is 2. The Bertz CT molecular complexity index is 1770. The second kappa shape index (κ2) is 9.99. The summed E-state index contributed by atoms with van der Waals surface area (Å²) in [5.74, 6) is 0.386. The third-order valence-corrected chi connectivity index (χ3v) is 9.14. The van der Waals surface area contributed by atoms with Gasteiger partial charge in [0.1, 0.15) is 11.6 Å². The predicted octanol–water partition coefficient (Wildman–Crippen LogP) is 3.93. The number of hydrogen-bond donors (Lipinski definition) is 2. The molecule has 3 aromatic heterocycles. The van der Waals surface area contributed by atoms with E-state index in [9.17, 15) is 14.7 Å². The number of carbonyl (C=O) groups excluding carboxylic acids is 2. The molecule has 0 spiro atoms. The predicted molar refractivity (Wildman–Crippen MR) is 160 cm³/mol. The van der Waals surface area contributed by atoms with Crippen LogP contribution in [-0.2, 0) is 24.3 Å². The van der Waals surface area contributed by atoms with Crippen molar-refractivity contribution in [3.63, 3.8) is 0 Å². The maximum Gasteiger partial charge on any atom is 0.265 e. The molecule has 3 fully saturated rings. The van der Waals surface area contributed by atoms with Crippen LogP contribution in [0, 0.1) is 16.7 Å². The number of aliphatic hydroxyl groups is 1. The standard InChI is InChI=1S/C31H32ClN7O4/c1-17(2)5-21-27(28(33)42)26(20-9-36-39(29(20)37-21)15-30-12-31(13-30,14-30)16-40)18-3-4-22-23(6-18)43-11-25(41)38(22)10-24-34-7-19(32)8-35-24/h3-4,6-9,17,40H,5,10-16H2,1-2H3,(H2,33,42). The number of amides is 2. The first kappa shape index (κ1) is 27.7. The summed E-state index contributed by atoms with van der Waals surface area (Å²) in [6.45, 7) is 5.10. The highest BCUT2D eigenvalue weighted by Gasteiger charge is 2.67. The van der Waals surface area contributed by atoms with E-state index in [-0.39, 0.29) is 42.4 Å². The molecular formula is C31H32ClN7O4. The van der Waals surface area contributed by atoms with Crippen LogP contribution in [0.5, 0.6) is 5.75 Å². The molecule has 0 atom stereocenters. The lowest BCUT2D eigenvalue weighted by atomic mass is 9.35. The van der Waals surface area contributed by atoms with Crippen molar-refractivity contribution in [1.29, 1.82) is 0 Å². The summed E-state index contributed by atoms with van der Waals surface area (Å²) in [6.07, 6.45) is 8.27. The van der Waals surface area contributed by atoms with E-state index < -0.39 is 5.91 Å². The highest BCUT2D eigenvalue weighted by molar-refractivity contribution is 6.30. The molecule has 3 aliphatic carbocycles. The molecule has 0 saturated heterocycles. The Labute approximate surface area is 253 Å². The third kappa shape index (κ3) is 4.62. The smallest absolute Gasteiger partial charge is 0.265 e. The highest BCUT2D eigenvalue weighted by atomic mass is 35.5. The molecule has 3 N–H and O–H groups in total. The lowest BCUT2D eigenvalue weighted by Gasteiger charge is -2.70. The average Bonchev–Trinajstić information content (AvgIpc) is 3.33. The Balaban J connectivity index is 1.32. The van der Waals surface area contributed by atoms with Gasteiger partial charge in [0.05, 0.1) is 34.7 Å². The van der Waals surface area contributed by atoms with Crippen LogP contribution >= 0.6 is 11.6 Å². The molecule has 4 heterocycles. The number of halogens is 1. The van der Waals surface area contributed by atoms with Gasteiger partial charge in [-0.25, -0.2) is 19.6 Å². The summed E-state index contributed by atoms with van der Waals surface area (Å²) in [7, 11) is 0. The van der Waals surface area contributed by atoms with Gasteiger partial charge in [-0.15, -0.1) is 0 Å². The van der Waals surface area contributed by atoms with Gasteiger partial charge in [0.25, 0.3) is 11.8 Å². The number of pyridine rings is 1. The zero-order valence-corrected chi connectivity index (χ0v) is 24.8. The number of anilines is 1. The zero-order valence-electron chi connectivity index (χ0n) is 24.0.